The van der Waals surface area contributed by atoms with E-state index in [9.17, 15) is 9.18 Å². The van der Waals surface area contributed by atoms with Gasteiger partial charge in [-0.3, -0.25) is 4.79 Å². The van der Waals surface area contributed by atoms with Gasteiger partial charge in [-0.05, 0) is 0 Å². The van der Waals surface area contributed by atoms with Crippen molar-refractivity contribution in [3.8, 4) is 0 Å². The van der Waals surface area contributed by atoms with E-state index in [0.29, 0.717) is 0 Å². The molecule has 12 heavy (non-hydrogen) atoms. The zero-order valence-electron chi connectivity index (χ0n) is 6.22. The Bertz CT molecular complexity index is 151. The number of aliphatic hydroxyl groups is 4. The average Bonchev–Trinajstić information content (AvgIpc) is 2.12. The van der Waals surface area contributed by atoms with Crippen LogP contribution in [0.25, 0.3) is 0 Å². The van der Waals surface area contributed by atoms with Gasteiger partial charge in [0, 0.05) is 0 Å². The van der Waals surface area contributed by atoms with Crippen LogP contribution in [-0.2, 0) is 4.79 Å². The molecule has 0 fully saturated rings. The predicted molar refractivity (Wildman–Crippen MR) is 36.1 cm³/mol. The molecule has 0 spiro atoms. The monoisotopic (exact) mass is 182 g/mol. The molecular formula is C6H11FO5. The predicted octanol–water partition coefficient (Wildman–Crippen LogP) is -2.40. The van der Waals surface area contributed by atoms with Crippen molar-refractivity contribution in [3.63, 3.8) is 0 Å². The SMILES string of the molecule is O=C(CF)[C@@H](O)[C@H](O)[C@H](O)CO. The largest absolute Gasteiger partial charge is 0.394 e. The Balaban J connectivity index is 4.08. The summed E-state index contributed by atoms with van der Waals surface area (Å²) < 4.78 is 11.6. The lowest BCUT2D eigenvalue weighted by Gasteiger charge is -2.19. The minimum atomic E-state index is -1.99. The van der Waals surface area contributed by atoms with Crippen molar-refractivity contribution in [1.82, 2.24) is 0 Å². The maximum Gasteiger partial charge on any atom is 0.194 e. The van der Waals surface area contributed by atoms with E-state index in [1.54, 1.807) is 0 Å². The molecule has 0 aromatic carbocycles. The van der Waals surface area contributed by atoms with Gasteiger partial charge in [-0.15, -0.1) is 0 Å². The summed E-state index contributed by atoms with van der Waals surface area (Å²) in [7, 11) is 0. The van der Waals surface area contributed by atoms with E-state index < -0.39 is 37.4 Å². The summed E-state index contributed by atoms with van der Waals surface area (Å²) in [6.45, 7) is -2.23. The van der Waals surface area contributed by atoms with E-state index in [2.05, 4.69) is 0 Å². The molecule has 6 heteroatoms. The molecular weight excluding hydrogens is 171 g/mol. The number of ketones is 1. The highest BCUT2D eigenvalue weighted by molar-refractivity contribution is 5.84. The molecule has 5 nitrogen and oxygen atoms in total. The van der Waals surface area contributed by atoms with E-state index in [-0.39, 0.29) is 0 Å². The Morgan fingerprint density at radius 1 is 1.33 bits per heavy atom. The molecule has 72 valence electrons. The lowest BCUT2D eigenvalue weighted by atomic mass is 10.1. The van der Waals surface area contributed by atoms with Crippen LogP contribution in [0.4, 0.5) is 4.39 Å². The van der Waals surface area contributed by atoms with Crippen LogP contribution < -0.4 is 0 Å². The van der Waals surface area contributed by atoms with E-state index in [4.69, 9.17) is 20.4 Å². The fourth-order valence-electron chi connectivity index (χ4n) is 0.588. The Morgan fingerprint density at radius 3 is 2.17 bits per heavy atom. The number of Topliss-reactive ketones (excluding diaryl/α,β-unsaturated/α-hetero) is 1. The van der Waals surface area contributed by atoms with E-state index in [1.807, 2.05) is 0 Å². The molecule has 0 heterocycles. The van der Waals surface area contributed by atoms with Crippen LogP contribution in [0, 0.1) is 0 Å². The number of alkyl halides is 1. The summed E-state index contributed by atoms with van der Waals surface area (Å²) in [5, 5.41) is 34.6. The standard InChI is InChI=1S/C6H11FO5/c7-1-3(9)5(11)6(12)4(10)2-8/h4-6,8,10-12H,1-2H2/t4-,5-,6-/m1/s1. The van der Waals surface area contributed by atoms with Gasteiger partial charge < -0.3 is 20.4 Å². The lowest BCUT2D eigenvalue weighted by molar-refractivity contribution is -0.140. The molecule has 0 aliphatic rings. The van der Waals surface area contributed by atoms with Gasteiger partial charge in [0.05, 0.1) is 6.61 Å². The van der Waals surface area contributed by atoms with E-state index in [0.717, 1.165) is 0 Å². The molecule has 3 atom stereocenters. The fraction of sp³-hybridized carbons (Fsp3) is 0.833. The smallest absolute Gasteiger partial charge is 0.194 e. The number of halogens is 1. The second-order valence-corrected chi connectivity index (χ2v) is 2.29. The number of rotatable bonds is 5. The molecule has 0 rings (SSSR count). The van der Waals surface area contributed by atoms with Crippen molar-refractivity contribution in [2.24, 2.45) is 0 Å². The fourth-order valence-corrected chi connectivity index (χ4v) is 0.588. The molecule has 0 aliphatic carbocycles. The zero-order valence-corrected chi connectivity index (χ0v) is 6.22. The minimum absolute atomic E-state index is 0.808. The van der Waals surface area contributed by atoms with Crippen LogP contribution in [0.1, 0.15) is 0 Å². The Kier molecular flexibility index (Phi) is 4.91. The van der Waals surface area contributed by atoms with E-state index in [1.165, 1.54) is 0 Å². The first-order valence-electron chi connectivity index (χ1n) is 3.28. The Morgan fingerprint density at radius 2 is 1.83 bits per heavy atom. The first-order valence-corrected chi connectivity index (χ1v) is 3.28. The van der Waals surface area contributed by atoms with E-state index >= 15 is 0 Å². The second kappa shape index (κ2) is 5.15. The molecule has 0 aliphatic heterocycles. The highest BCUT2D eigenvalue weighted by atomic mass is 19.1. The molecule has 0 aromatic heterocycles. The normalized spacial score (nSPS) is 18.4. The van der Waals surface area contributed by atoms with Crippen LogP contribution in [0.2, 0.25) is 0 Å². The number of hydrogen-bond acceptors (Lipinski definition) is 5. The van der Waals surface area contributed by atoms with Crippen molar-refractivity contribution in [3.05, 3.63) is 0 Å². The van der Waals surface area contributed by atoms with Gasteiger partial charge in [0.15, 0.2) is 12.5 Å². The Labute approximate surface area is 68.1 Å². The molecule has 0 radical (unpaired) electrons. The van der Waals surface area contributed by atoms with Gasteiger partial charge in [0.25, 0.3) is 0 Å². The first kappa shape index (κ1) is 11.4. The third-order valence-electron chi connectivity index (χ3n) is 1.37. The maximum atomic E-state index is 11.6. The van der Waals surface area contributed by atoms with Gasteiger partial charge >= 0.3 is 0 Å². The lowest BCUT2D eigenvalue weighted by Crippen LogP contribution is -2.44. The Hall–Kier alpha value is -0.560. The van der Waals surface area contributed by atoms with Crippen molar-refractivity contribution < 1.29 is 29.6 Å². The second-order valence-electron chi connectivity index (χ2n) is 2.29. The molecule has 0 aromatic rings. The summed E-state index contributed by atoms with van der Waals surface area (Å²) in [4.78, 5) is 10.4. The first-order chi connectivity index (χ1) is 5.54. The molecule has 0 bridgehead atoms. The van der Waals surface area contributed by atoms with Crippen molar-refractivity contribution in [1.29, 1.82) is 0 Å². The van der Waals surface area contributed by atoms with Gasteiger partial charge in [0.2, 0.25) is 0 Å². The highest BCUT2D eigenvalue weighted by Gasteiger charge is 2.29. The quantitative estimate of drug-likeness (QED) is 0.380. The number of hydrogen-bond donors (Lipinski definition) is 4. The maximum absolute atomic E-state index is 11.6. The summed E-state index contributed by atoms with van der Waals surface area (Å²) in [5.74, 6) is -1.23. The molecule has 0 amide bonds. The summed E-state index contributed by atoms with van der Waals surface area (Å²) in [6.07, 6.45) is -5.48. The molecule has 4 N–H and O–H groups in total. The van der Waals surface area contributed by atoms with Gasteiger partial charge in [-0.25, -0.2) is 4.39 Å². The van der Waals surface area contributed by atoms with Gasteiger partial charge in [-0.2, -0.15) is 0 Å². The van der Waals surface area contributed by atoms with Crippen LogP contribution in [0.5, 0.6) is 0 Å². The third-order valence-corrected chi connectivity index (χ3v) is 1.37. The van der Waals surface area contributed by atoms with Crippen molar-refractivity contribution >= 4 is 5.78 Å². The zero-order chi connectivity index (χ0) is 9.72. The number of carbonyl (C=O) groups is 1. The number of aliphatic hydroxyl groups excluding tert-OH is 4. The minimum Gasteiger partial charge on any atom is -0.394 e. The third kappa shape index (κ3) is 2.82. The van der Waals surface area contributed by atoms with Crippen LogP contribution >= 0.6 is 0 Å². The van der Waals surface area contributed by atoms with Crippen LogP contribution in [0.3, 0.4) is 0 Å². The topological polar surface area (TPSA) is 98.0 Å². The highest BCUT2D eigenvalue weighted by Crippen LogP contribution is 2.01. The molecule has 0 saturated heterocycles. The van der Waals surface area contributed by atoms with Crippen molar-refractivity contribution in [2.45, 2.75) is 18.3 Å². The van der Waals surface area contributed by atoms with Crippen LogP contribution in [-0.4, -0.2) is 57.8 Å². The van der Waals surface area contributed by atoms with Gasteiger partial charge in [0.1, 0.15) is 18.3 Å². The average molecular weight is 182 g/mol. The summed E-state index contributed by atoms with van der Waals surface area (Å²) in [6, 6.07) is 0. The molecule has 0 saturated carbocycles. The molecule has 0 unspecified atom stereocenters. The summed E-state index contributed by atoms with van der Waals surface area (Å²) >= 11 is 0. The van der Waals surface area contributed by atoms with Gasteiger partial charge in [-0.1, -0.05) is 0 Å². The van der Waals surface area contributed by atoms with Crippen LogP contribution in [0.15, 0.2) is 0 Å². The van der Waals surface area contributed by atoms with Crippen molar-refractivity contribution in [2.75, 3.05) is 13.3 Å². The number of carbonyl (C=O) groups excluding carboxylic acids is 1. The summed E-state index contributed by atoms with van der Waals surface area (Å²) in [5.41, 5.74) is 0.